The molecule has 2 bridgehead atoms. The van der Waals surface area contributed by atoms with E-state index in [2.05, 4.69) is 32.1 Å². The Morgan fingerprint density at radius 2 is 1.93 bits per heavy atom. The number of aryl methyl sites for hydroxylation is 1. The third-order valence-corrected chi connectivity index (χ3v) is 6.72. The van der Waals surface area contributed by atoms with Gasteiger partial charge in [-0.2, -0.15) is 5.10 Å². The lowest BCUT2D eigenvalue weighted by atomic mass is 9.75. The molecule has 1 aromatic heterocycles. The number of nitrogens with zero attached hydrogens (tertiary/aromatic N) is 3. The highest BCUT2D eigenvalue weighted by Crippen LogP contribution is 2.47. The van der Waals surface area contributed by atoms with Crippen LogP contribution in [0.1, 0.15) is 40.5 Å². The quantitative estimate of drug-likeness (QED) is 0.906. The largest absolute Gasteiger partial charge is 0.497 e. The molecule has 4 saturated heterocycles. The topological polar surface area (TPSA) is 61.5 Å². The predicted molar refractivity (Wildman–Crippen MR) is 102 cm³/mol. The van der Waals surface area contributed by atoms with Crippen LogP contribution in [0.4, 0.5) is 0 Å². The van der Waals surface area contributed by atoms with Crippen molar-refractivity contribution >= 4 is 5.91 Å². The van der Waals surface area contributed by atoms with E-state index in [0.717, 1.165) is 31.1 Å². The van der Waals surface area contributed by atoms with Crippen molar-refractivity contribution in [2.24, 2.45) is 5.92 Å². The summed E-state index contributed by atoms with van der Waals surface area (Å²) in [6.45, 7) is 5.01. The van der Waals surface area contributed by atoms with Crippen molar-refractivity contribution in [3.63, 3.8) is 0 Å². The molecule has 0 saturated carbocycles. The fourth-order valence-corrected chi connectivity index (χ4v) is 5.47. The molecular weight excluding hydrogens is 340 g/mol. The van der Waals surface area contributed by atoms with Crippen LogP contribution in [0, 0.1) is 12.8 Å². The Balaban J connectivity index is 1.50. The molecule has 2 aromatic rings. The molecule has 3 atom stereocenters. The van der Waals surface area contributed by atoms with Crippen LogP contribution in [0.15, 0.2) is 30.3 Å². The standard InChI is InChI=1S/C21H26N4O2/c1-13-11-18(23-22-13)21(26)25-12-17(14-3-5-16(27-2)6-4-14)20-19(25)15-7-9-24(20)10-8-15/h3-6,11,15,17,19-20H,7-10,12H2,1-2H3,(H,22,23)/t17-,19+,20+/m0/s1. The minimum Gasteiger partial charge on any atom is -0.497 e. The first-order chi connectivity index (χ1) is 13.2. The van der Waals surface area contributed by atoms with Gasteiger partial charge in [0.05, 0.1) is 13.2 Å². The van der Waals surface area contributed by atoms with Gasteiger partial charge in [-0.25, -0.2) is 0 Å². The molecule has 6 nitrogen and oxygen atoms in total. The van der Waals surface area contributed by atoms with Gasteiger partial charge >= 0.3 is 0 Å². The minimum atomic E-state index is 0.0686. The maximum absolute atomic E-state index is 13.3. The predicted octanol–water partition coefficient (Wildman–Crippen LogP) is 2.43. The zero-order chi connectivity index (χ0) is 18.5. The highest BCUT2D eigenvalue weighted by atomic mass is 16.5. The van der Waals surface area contributed by atoms with Crippen LogP contribution in [-0.4, -0.2) is 64.7 Å². The molecule has 5 heterocycles. The molecule has 4 aliphatic rings. The molecule has 27 heavy (non-hydrogen) atoms. The molecule has 0 radical (unpaired) electrons. The smallest absolute Gasteiger partial charge is 0.274 e. The van der Waals surface area contributed by atoms with Crippen LogP contribution >= 0.6 is 0 Å². The van der Waals surface area contributed by atoms with Crippen molar-refractivity contribution in [2.75, 3.05) is 26.7 Å². The number of carbonyl (C=O) groups excluding carboxylic acids is 1. The Kier molecular flexibility index (Phi) is 3.97. The number of ether oxygens (including phenoxy) is 1. The third-order valence-electron chi connectivity index (χ3n) is 6.72. The van der Waals surface area contributed by atoms with Crippen LogP contribution in [0.3, 0.4) is 0 Å². The molecular formula is C21H26N4O2. The summed E-state index contributed by atoms with van der Waals surface area (Å²) in [5, 5.41) is 7.15. The van der Waals surface area contributed by atoms with Crippen LogP contribution in [0.5, 0.6) is 5.75 Å². The summed E-state index contributed by atoms with van der Waals surface area (Å²) in [5.74, 6) is 1.89. The summed E-state index contributed by atoms with van der Waals surface area (Å²) < 4.78 is 5.32. The van der Waals surface area contributed by atoms with E-state index in [0.29, 0.717) is 29.6 Å². The second-order valence-corrected chi connectivity index (χ2v) is 8.13. The molecule has 1 N–H and O–H groups in total. The average Bonchev–Trinajstić information content (AvgIpc) is 3.34. The fourth-order valence-electron chi connectivity index (χ4n) is 5.47. The SMILES string of the molecule is COc1ccc([C@@H]2CN(C(=O)c3cc(C)[nH]n3)[C@@H]3C4CCN(CC4)[C@@H]32)cc1. The Morgan fingerprint density at radius 3 is 2.56 bits per heavy atom. The first-order valence-corrected chi connectivity index (χ1v) is 9.86. The van der Waals surface area contributed by atoms with Gasteiger partial charge in [-0.1, -0.05) is 12.1 Å². The van der Waals surface area contributed by atoms with Crippen molar-refractivity contribution < 1.29 is 9.53 Å². The van der Waals surface area contributed by atoms with Crippen LogP contribution < -0.4 is 4.74 Å². The van der Waals surface area contributed by atoms with Gasteiger partial charge in [0.15, 0.2) is 0 Å². The summed E-state index contributed by atoms with van der Waals surface area (Å²) in [6.07, 6.45) is 2.39. The fraction of sp³-hybridized carbons (Fsp3) is 0.524. The number of piperidine rings is 3. The molecule has 4 aliphatic heterocycles. The third kappa shape index (κ3) is 2.65. The summed E-state index contributed by atoms with van der Waals surface area (Å²) >= 11 is 0. The van der Waals surface area contributed by atoms with Gasteiger partial charge in [-0.05, 0) is 62.5 Å². The molecule has 142 valence electrons. The second kappa shape index (κ2) is 6.37. The molecule has 1 amide bonds. The van der Waals surface area contributed by atoms with Crippen LogP contribution in [0.25, 0.3) is 0 Å². The molecule has 6 heteroatoms. The lowest BCUT2D eigenvalue weighted by Gasteiger charge is -2.51. The van der Waals surface area contributed by atoms with E-state index in [-0.39, 0.29) is 5.91 Å². The Morgan fingerprint density at radius 1 is 1.19 bits per heavy atom. The van der Waals surface area contributed by atoms with Crippen molar-refractivity contribution in [3.8, 4) is 5.75 Å². The van der Waals surface area contributed by atoms with E-state index in [1.165, 1.54) is 18.4 Å². The zero-order valence-electron chi connectivity index (χ0n) is 15.9. The number of fused-ring (bicyclic) bond motifs is 2. The average molecular weight is 366 g/mol. The molecule has 0 spiro atoms. The molecule has 6 rings (SSSR count). The van der Waals surface area contributed by atoms with Crippen molar-refractivity contribution in [1.82, 2.24) is 20.0 Å². The van der Waals surface area contributed by atoms with Crippen molar-refractivity contribution in [3.05, 3.63) is 47.3 Å². The van der Waals surface area contributed by atoms with E-state index in [9.17, 15) is 4.79 Å². The summed E-state index contributed by atoms with van der Waals surface area (Å²) in [4.78, 5) is 18.0. The Bertz CT molecular complexity index is 838. The van der Waals surface area contributed by atoms with Gasteiger partial charge in [0.1, 0.15) is 11.4 Å². The number of methoxy groups -OCH3 is 1. The number of carbonyl (C=O) groups is 1. The molecule has 0 aliphatic carbocycles. The van der Waals surface area contributed by atoms with Gasteiger partial charge in [-0.15, -0.1) is 0 Å². The summed E-state index contributed by atoms with van der Waals surface area (Å²) in [6, 6.07) is 11.0. The highest BCUT2D eigenvalue weighted by molar-refractivity contribution is 5.93. The van der Waals surface area contributed by atoms with Crippen LogP contribution in [0.2, 0.25) is 0 Å². The molecule has 0 unspecified atom stereocenters. The molecule has 4 fully saturated rings. The lowest BCUT2D eigenvalue weighted by Crippen LogP contribution is -2.60. The van der Waals surface area contributed by atoms with E-state index >= 15 is 0 Å². The van der Waals surface area contributed by atoms with E-state index < -0.39 is 0 Å². The van der Waals surface area contributed by atoms with E-state index in [4.69, 9.17) is 4.74 Å². The normalized spacial score (nSPS) is 31.8. The van der Waals surface area contributed by atoms with E-state index in [1.807, 2.05) is 25.1 Å². The number of hydrogen-bond donors (Lipinski definition) is 1. The number of H-pyrrole nitrogens is 1. The Hall–Kier alpha value is -2.34. The van der Waals surface area contributed by atoms with Crippen molar-refractivity contribution in [2.45, 2.75) is 37.8 Å². The number of likely N-dealkylation sites (tertiary alicyclic amines) is 1. The van der Waals surface area contributed by atoms with Gasteiger partial charge < -0.3 is 9.64 Å². The monoisotopic (exact) mass is 366 g/mol. The van der Waals surface area contributed by atoms with Gasteiger partial charge in [0.25, 0.3) is 5.91 Å². The van der Waals surface area contributed by atoms with Crippen molar-refractivity contribution in [1.29, 1.82) is 0 Å². The zero-order valence-corrected chi connectivity index (χ0v) is 15.9. The van der Waals surface area contributed by atoms with Gasteiger partial charge in [-0.3, -0.25) is 14.8 Å². The highest BCUT2D eigenvalue weighted by Gasteiger charge is 2.54. The van der Waals surface area contributed by atoms with Gasteiger partial charge in [0, 0.05) is 24.2 Å². The summed E-state index contributed by atoms with van der Waals surface area (Å²) in [7, 11) is 1.69. The van der Waals surface area contributed by atoms with Crippen LogP contribution in [-0.2, 0) is 0 Å². The number of benzene rings is 1. The first-order valence-electron chi connectivity index (χ1n) is 9.86. The minimum absolute atomic E-state index is 0.0686. The Labute approximate surface area is 159 Å². The number of nitrogens with one attached hydrogen (secondary N) is 1. The first kappa shape index (κ1) is 16.8. The number of hydrogen-bond acceptors (Lipinski definition) is 4. The maximum atomic E-state index is 13.3. The maximum Gasteiger partial charge on any atom is 0.274 e. The number of aromatic amines is 1. The second-order valence-electron chi connectivity index (χ2n) is 8.13. The van der Waals surface area contributed by atoms with Gasteiger partial charge in [0.2, 0.25) is 0 Å². The number of rotatable bonds is 3. The lowest BCUT2D eigenvalue weighted by molar-refractivity contribution is -0.00358. The number of aromatic nitrogens is 2. The van der Waals surface area contributed by atoms with E-state index in [1.54, 1.807) is 7.11 Å². The number of amides is 1. The summed E-state index contributed by atoms with van der Waals surface area (Å²) in [5.41, 5.74) is 2.76. The molecule has 1 aromatic carbocycles.